The van der Waals surface area contributed by atoms with Gasteiger partial charge in [-0.05, 0) is 43.8 Å². The minimum Gasteiger partial charge on any atom is -0.329 e. The molecule has 4 heteroatoms. The number of aryl methyl sites for hydroxylation is 1. The molecule has 2 aromatic rings. The average Bonchev–Trinajstić information content (AvgIpc) is 3.09. The summed E-state index contributed by atoms with van der Waals surface area (Å²) in [5.41, 5.74) is 6.09. The van der Waals surface area contributed by atoms with Gasteiger partial charge < -0.3 is 5.73 Å². The molecular weight excluding hydrogens is 284 g/mol. The van der Waals surface area contributed by atoms with Gasteiger partial charge in [0.15, 0.2) is 0 Å². The molecule has 0 aliphatic rings. The van der Waals surface area contributed by atoms with E-state index in [4.69, 9.17) is 5.73 Å². The first kappa shape index (κ1) is 15.7. The van der Waals surface area contributed by atoms with E-state index in [9.17, 15) is 0 Å². The summed E-state index contributed by atoms with van der Waals surface area (Å²) in [6, 6.07) is 9.63. The van der Waals surface area contributed by atoms with E-state index in [-0.39, 0.29) is 0 Å². The lowest BCUT2D eigenvalue weighted by atomic mass is 10.1. The molecular formula is C16H24N2S2. The van der Waals surface area contributed by atoms with Crippen LogP contribution in [0.25, 0.3) is 0 Å². The maximum Gasteiger partial charge on any atom is 0.0570 e. The quantitative estimate of drug-likeness (QED) is 0.827. The second kappa shape index (κ2) is 7.36. The monoisotopic (exact) mass is 308 g/mol. The number of nitrogens with two attached hydrogens (primary N) is 1. The highest BCUT2D eigenvalue weighted by atomic mass is 32.1. The van der Waals surface area contributed by atoms with Crippen LogP contribution in [-0.4, -0.2) is 17.5 Å². The summed E-state index contributed by atoms with van der Waals surface area (Å²) >= 11 is 3.73. The van der Waals surface area contributed by atoms with Crippen molar-refractivity contribution in [2.45, 2.75) is 45.8 Å². The molecule has 2 N–H and O–H groups in total. The summed E-state index contributed by atoms with van der Waals surface area (Å²) in [5.74, 6) is 0. The highest BCUT2D eigenvalue weighted by molar-refractivity contribution is 7.12. The van der Waals surface area contributed by atoms with E-state index in [1.165, 1.54) is 14.6 Å². The van der Waals surface area contributed by atoms with Crippen LogP contribution in [0.2, 0.25) is 0 Å². The Kier molecular flexibility index (Phi) is 5.78. The van der Waals surface area contributed by atoms with Gasteiger partial charge in [-0.25, -0.2) is 0 Å². The Morgan fingerprint density at radius 3 is 2.50 bits per heavy atom. The van der Waals surface area contributed by atoms with Crippen LogP contribution in [0, 0.1) is 0 Å². The fourth-order valence-electron chi connectivity index (χ4n) is 2.41. The number of hydrogen-bond acceptors (Lipinski definition) is 4. The average molecular weight is 309 g/mol. The van der Waals surface area contributed by atoms with E-state index in [2.05, 4.69) is 55.3 Å². The molecule has 2 aromatic heterocycles. The third-order valence-electron chi connectivity index (χ3n) is 3.56. The zero-order chi connectivity index (χ0) is 14.5. The standard InChI is InChI=1S/C16H24N2S2/c1-4-13-7-8-16(20-13)15(10-17)18(12(2)3)11-14-6-5-9-19-14/h5-9,12,15H,4,10-11,17H2,1-3H3. The first-order valence-corrected chi connectivity index (χ1v) is 8.92. The molecule has 0 radical (unpaired) electrons. The van der Waals surface area contributed by atoms with Crippen molar-refractivity contribution in [3.63, 3.8) is 0 Å². The van der Waals surface area contributed by atoms with Gasteiger partial charge in [-0.15, -0.1) is 22.7 Å². The van der Waals surface area contributed by atoms with Crippen molar-refractivity contribution in [1.82, 2.24) is 4.90 Å². The minimum atomic E-state index is 0.322. The first-order valence-electron chi connectivity index (χ1n) is 7.22. The highest BCUT2D eigenvalue weighted by Gasteiger charge is 2.23. The van der Waals surface area contributed by atoms with Crippen molar-refractivity contribution in [1.29, 1.82) is 0 Å². The Bertz CT molecular complexity index is 502. The predicted octanol–water partition coefficient (Wildman–Crippen LogP) is 4.28. The molecule has 0 amide bonds. The lowest BCUT2D eigenvalue weighted by Gasteiger charge is -2.33. The Morgan fingerprint density at radius 2 is 2.00 bits per heavy atom. The van der Waals surface area contributed by atoms with E-state index in [1.807, 2.05) is 22.7 Å². The van der Waals surface area contributed by atoms with Crippen molar-refractivity contribution in [3.05, 3.63) is 44.3 Å². The van der Waals surface area contributed by atoms with Gasteiger partial charge in [0.2, 0.25) is 0 Å². The molecule has 1 unspecified atom stereocenters. The van der Waals surface area contributed by atoms with Crippen LogP contribution < -0.4 is 5.73 Å². The van der Waals surface area contributed by atoms with Gasteiger partial charge in [0.1, 0.15) is 0 Å². The molecule has 0 aromatic carbocycles. The Hall–Kier alpha value is -0.680. The van der Waals surface area contributed by atoms with Crippen molar-refractivity contribution < 1.29 is 0 Å². The molecule has 1 atom stereocenters. The molecule has 20 heavy (non-hydrogen) atoms. The summed E-state index contributed by atoms with van der Waals surface area (Å²) in [6.45, 7) is 8.37. The van der Waals surface area contributed by atoms with Crippen LogP contribution in [0.15, 0.2) is 29.6 Å². The molecule has 0 spiro atoms. The Balaban J connectivity index is 2.20. The molecule has 0 aliphatic carbocycles. The summed E-state index contributed by atoms with van der Waals surface area (Å²) < 4.78 is 0. The topological polar surface area (TPSA) is 29.3 Å². The molecule has 2 nitrogen and oxygen atoms in total. The van der Waals surface area contributed by atoms with Crippen molar-refractivity contribution >= 4 is 22.7 Å². The number of thiophene rings is 2. The van der Waals surface area contributed by atoms with E-state index < -0.39 is 0 Å². The maximum atomic E-state index is 6.09. The van der Waals surface area contributed by atoms with E-state index in [0.717, 1.165) is 13.0 Å². The smallest absolute Gasteiger partial charge is 0.0570 e. The minimum absolute atomic E-state index is 0.322. The number of nitrogens with zero attached hydrogens (tertiary/aromatic N) is 1. The molecule has 0 aliphatic heterocycles. The molecule has 110 valence electrons. The van der Waals surface area contributed by atoms with Crippen LogP contribution in [0.5, 0.6) is 0 Å². The Morgan fingerprint density at radius 1 is 1.20 bits per heavy atom. The third kappa shape index (κ3) is 3.70. The molecule has 2 heterocycles. The van der Waals surface area contributed by atoms with Crippen molar-refractivity contribution in [3.8, 4) is 0 Å². The summed E-state index contributed by atoms with van der Waals surface area (Å²) in [7, 11) is 0. The predicted molar refractivity (Wildman–Crippen MR) is 90.5 cm³/mol. The SMILES string of the molecule is CCc1ccc(C(CN)N(Cc2cccs2)C(C)C)s1. The lowest BCUT2D eigenvalue weighted by Crippen LogP contribution is -2.37. The summed E-state index contributed by atoms with van der Waals surface area (Å²) in [6.07, 6.45) is 1.11. The first-order chi connectivity index (χ1) is 9.65. The molecule has 0 fully saturated rings. The van der Waals surface area contributed by atoms with Crippen LogP contribution in [0.1, 0.15) is 41.4 Å². The Labute approximate surface area is 130 Å². The van der Waals surface area contributed by atoms with Gasteiger partial charge in [0, 0.05) is 33.8 Å². The fraction of sp³-hybridized carbons (Fsp3) is 0.500. The zero-order valence-corrected chi connectivity index (χ0v) is 14.1. The second-order valence-corrected chi connectivity index (χ2v) is 7.49. The number of hydrogen-bond donors (Lipinski definition) is 1. The van der Waals surface area contributed by atoms with Gasteiger partial charge in [0.05, 0.1) is 6.04 Å². The van der Waals surface area contributed by atoms with Crippen LogP contribution in [0.3, 0.4) is 0 Å². The second-order valence-electron chi connectivity index (χ2n) is 5.25. The van der Waals surface area contributed by atoms with Crippen molar-refractivity contribution in [2.24, 2.45) is 5.73 Å². The van der Waals surface area contributed by atoms with Gasteiger partial charge in [-0.2, -0.15) is 0 Å². The summed E-state index contributed by atoms with van der Waals surface area (Å²) in [5, 5.41) is 2.14. The largest absolute Gasteiger partial charge is 0.329 e. The maximum absolute atomic E-state index is 6.09. The molecule has 2 rings (SSSR count). The van der Waals surface area contributed by atoms with Gasteiger partial charge in [0.25, 0.3) is 0 Å². The normalized spacial score (nSPS) is 13.3. The fourth-order valence-corrected chi connectivity index (χ4v) is 4.21. The highest BCUT2D eigenvalue weighted by Crippen LogP contribution is 2.30. The number of rotatable bonds is 7. The van der Waals surface area contributed by atoms with E-state index >= 15 is 0 Å². The zero-order valence-electron chi connectivity index (χ0n) is 12.5. The van der Waals surface area contributed by atoms with E-state index in [1.54, 1.807) is 0 Å². The summed E-state index contributed by atoms with van der Waals surface area (Å²) in [4.78, 5) is 6.76. The lowest BCUT2D eigenvalue weighted by molar-refractivity contribution is 0.152. The van der Waals surface area contributed by atoms with Crippen LogP contribution in [0.4, 0.5) is 0 Å². The third-order valence-corrected chi connectivity index (χ3v) is 5.76. The van der Waals surface area contributed by atoms with Crippen LogP contribution >= 0.6 is 22.7 Å². The van der Waals surface area contributed by atoms with Gasteiger partial charge in [-0.3, -0.25) is 4.90 Å². The molecule has 0 saturated carbocycles. The molecule has 0 saturated heterocycles. The van der Waals surface area contributed by atoms with Crippen LogP contribution in [-0.2, 0) is 13.0 Å². The van der Waals surface area contributed by atoms with Gasteiger partial charge >= 0.3 is 0 Å². The van der Waals surface area contributed by atoms with E-state index in [0.29, 0.717) is 18.6 Å². The van der Waals surface area contributed by atoms with Crippen molar-refractivity contribution in [2.75, 3.05) is 6.54 Å². The van der Waals surface area contributed by atoms with Gasteiger partial charge in [-0.1, -0.05) is 13.0 Å². The molecule has 0 bridgehead atoms.